The monoisotopic (exact) mass is 290 g/mol. The highest BCUT2D eigenvalue weighted by molar-refractivity contribution is 5.97. The van der Waals surface area contributed by atoms with E-state index < -0.39 is 6.10 Å². The van der Waals surface area contributed by atoms with Gasteiger partial charge in [0.1, 0.15) is 0 Å². The Bertz CT molecular complexity index is 484. The van der Waals surface area contributed by atoms with Crippen LogP contribution in [-0.2, 0) is 6.42 Å². The summed E-state index contributed by atoms with van der Waals surface area (Å²) < 4.78 is 0. The SMILES string of the molecule is CCC(CC)C(O)CNC(=O)c1cccc2c1CCCN2. The number of benzene rings is 1. The summed E-state index contributed by atoms with van der Waals surface area (Å²) in [6.45, 7) is 5.42. The molecule has 1 amide bonds. The molecule has 1 heterocycles. The summed E-state index contributed by atoms with van der Waals surface area (Å²) >= 11 is 0. The van der Waals surface area contributed by atoms with E-state index in [1.807, 2.05) is 18.2 Å². The van der Waals surface area contributed by atoms with Gasteiger partial charge in [0, 0.05) is 24.3 Å². The molecule has 0 radical (unpaired) electrons. The zero-order chi connectivity index (χ0) is 15.2. The molecule has 116 valence electrons. The van der Waals surface area contributed by atoms with Crippen molar-refractivity contribution in [3.8, 4) is 0 Å². The number of nitrogens with one attached hydrogen (secondary N) is 2. The largest absolute Gasteiger partial charge is 0.391 e. The first-order valence-corrected chi connectivity index (χ1v) is 7.99. The number of carbonyl (C=O) groups is 1. The molecule has 0 bridgehead atoms. The van der Waals surface area contributed by atoms with Crippen molar-refractivity contribution in [2.24, 2.45) is 5.92 Å². The molecule has 1 aliphatic rings. The van der Waals surface area contributed by atoms with E-state index in [4.69, 9.17) is 0 Å². The molecule has 4 nitrogen and oxygen atoms in total. The summed E-state index contributed by atoms with van der Waals surface area (Å²) in [5.74, 6) is 0.164. The van der Waals surface area contributed by atoms with Gasteiger partial charge in [-0.15, -0.1) is 0 Å². The maximum absolute atomic E-state index is 12.4. The summed E-state index contributed by atoms with van der Waals surface area (Å²) in [5, 5.41) is 16.3. The van der Waals surface area contributed by atoms with Gasteiger partial charge < -0.3 is 15.7 Å². The molecule has 1 aliphatic heterocycles. The van der Waals surface area contributed by atoms with Crippen LogP contribution in [0.1, 0.15) is 49.0 Å². The molecular weight excluding hydrogens is 264 g/mol. The highest BCUT2D eigenvalue weighted by Gasteiger charge is 2.20. The molecule has 21 heavy (non-hydrogen) atoms. The number of rotatable bonds is 6. The normalized spacial score (nSPS) is 15.2. The average Bonchev–Trinajstić information content (AvgIpc) is 2.53. The van der Waals surface area contributed by atoms with Gasteiger partial charge in [-0.2, -0.15) is 0 Å². The van der Waals surface area contributed by atoms with Crippen molar-refractivity contribution in [1.29, 1.82) is 0 Å². The van der Waals surface area contributed by atoms with Crippen molar-refractivity contribution < 1.29 is 9.90 Å². The van der Waals surface area contributed by atoms with Crippen LogP contribution >= 0.6 is 0 Å². The first-order chi connectivity index (χ1) is 10.2. The Kier molecular flexibility index (Phi) is 5.62. The molecule has 2 rings (SSSR count). The third kappa shape index (κ3) is 3.76. The summed E-state index contributed by atoms with van der Waals surface area (Å²) in [6, 6.07) is 5.79. The van der Waals surface area contributed by atoms with Crippen LogP contribution in [0.15, 0.2) is 18.2 Å². The maximum Gasteiger partial charge on any atom is 0.251 e. The predicted molar refractivity (Wildman–Crippen MR) is 85.7 cm³/mol. The molecule has 0 spiro atoms. The standard InChI is InChI=1S/C17H26N2O2/c1-3-12(4-2)16(20)11-19-17(21)14-7-5-9-15-13(14)8-6-10-18-15/h5,7,9,12,16,18,20H,3-4,6,8,10-11H2,1-2H3,(H,19,21). The minimum atomic E-state index is -0.471. The number of aliphatic hydroxyl groups is 1. The second-order valence-electron chi connectivity index (χ2n) is 5.72. The third-order valence-electron chi connectivity index (χ3n) is 4.40. The average molecular weight is 290 g/mol. The number of fused-ring (bicyclic) bond motifs is 1. The fraction of sp³-hybridized carbons (Fsp3) is 0.588. The van der Waals surface area contributed by atoms with E-state index in [1.54, 1.807) is 0 Å². The van der Waals surface area contributed by atoms with Crippen LogP contribution in [0, 0.1) is 5.92 Å². The Morgan fingerprint density at radius 2 is 2.14 bits per heavy atom. The van der Waals surface area contributed by atoms with Crippen molar-refractivity contribution in [2.75, 3.05) is 18.4 Å². The smallest absolute Gasteiger partial charge is 0.251 e. The Labute approximate surface area is 126 Å². The van der Waals surface area contributed by atoms with E-state index in [0.29, 0.717) is 6.54 Å². The second kappa shape index (κ2) is 7.46. The van der Waals surface area contributed by atoms with Gasteiger partial charge >= 0.3 is 0 Å². The van der Waals surface area contributed by atoms with Crippen molar-refractivity contribution in [3.05, 3.63) is 29.3 Å². The molecule has 4 heteroatoms. The third-order valence-corrected chi connectivity index (χ3v) is 4.40. The zero-order valence-corrected chi connectivity index (χ0v) is 13.0. The first-order valence-electron chi connectivity index (χ1n) is 7.99. The van der Waals surface area contributed by atoms with E-state index in [1.165, 1.54) is 0 Å². The summed E-state index contributed by atoms with van der Waals surface area (Å²) in [6.07, 6.45) is 3.37. The highest BCUT2D eigenvalue weighted by Crippen LogP contribution is 2.25. The number of hydrogen-bond acceptors (Lipinski definition) is 3. The van der Waals surface area contributed by atoms with Crippen LogP contribution in [0.4, 0.5) is 5.69 Å². The van der Waals surface area contributed by atoms with Crippen LogP contribution in [0.25, 0.3) is 0 Å². The van der Waals surface area contributed by atoms with Gasteiger partial charge in [0.15, 0.2) is 0 Å². The van der Waals surface area contributed by atoms with Crippen LogP contribution in [-0.4, -0.2) is 30.2 Å². The lowest BCUT2D eigenvalue weighted by molar-refractivity contribution is 0.0816. The number of aliphatic hydroxyl groups excluding tert-OH is 1. The van der Waals surface area contributed by atoms with Gasteiger partial charge in [-0.05, 0) is 36.5 Å². The molecule has 0 aromatic heterocycles. The number of anilines is 1. The second-order valence-corrected chi connectivity index (χ2v) is 5.72. The number of amides is 1. The molecule has 3 N–H and O–H groups in total. The number of carbonyl (C=O) groups excluding carboxylic acids is 1. The van der Waals surface area contributed by atoms with Crippen LogP contribution in [0.5, 0.6) is 0 Å². The summed E-state index contributed by atoms with van der Waals surface area (Å²) in [7, 11) is 0. The van der Waals surface area contributed by atoms with Gasteiger partial charge in [0.2, 0.25) is 0 Å². The Hall–Kier alpha value is -1.55. The minimum absolute atomic E-state index is 0.0828. The van der Waals surface area contributed by atoms with Crippen LogP contribution < -0.4 is 10.6 Å². The summed E-state index contributed by atoms with van der Waals surface area (Å²) in [4.78, 5) is 12.4. The van der Waals surface area contributed by atoms with E-state index >= 15 is 0 Å². The lowest BCUT2D eigenvalue weighted by Crippen LogP contribution is -2.36. The topological polar surface area (TPSA) is 61.4 Å². The molecule has 1 aromatic carbocycles. The quantitative estimate of drug-likeness (QED) is 0.754. The predicted octanol–water partition coefficient (Wildman–Crippen LogP) is 2.57. The minimum Gasteiger partial charge on any atom is -0.391 e. The van der Waals surface area contributed by atoms with Crippen molar-refractivity contribution >= 4 is 11.6 Å². The lowest BCUT2D eigenvalue weighted by Gasteiger charge is -2.22. The fourth-order valence-electron chi connectivity index (χ4n) is 3.01. The Balaban J connectivity index is 2.01. The highest BCUT2D eigenvalue weighted by atomic mass is 16.3. The van der Waals surface area contributed by atoms with Crippen molar-refractivity contribution in [2.45, 2.75) is 45.6 Å². The van der Waals surface area contributed by atoms with E-state index in [0.717, 1.165) is 49.0 Å². The van der Waals surface area contributed by atoms with Gasteiger partial charge in [-0.3, -0.25) is 4.79 Å². The van der Waals surface area contributed by atoms with E-state index in [-0.39, 0.29) is 11.8 Å². The van der Waals surface area contributed by atoms with E-state index in [9.17, 15) is 9.90 Å². The van der Waals surface area contributed by atoms with Crippen molar-refractivity contribution in [3.63, 3.8) is 0 Å². The van der Waals surface area contributed by atoms with Gasteiger partial charge in [0.25, 0.3) is 5.91 Å². The van der Waals surface area contributed by atoms with Crippen LogP contribution in [0.3, 0.4) is 0 Å². The van der Waals surface area contributed by atoms with Gasteiger partial charge in [-0.25, -0.2) is 0 Å². The van der Waals surface area contributed by atoms with Gasteiger partial charge in [0.05, 0.1) is 6.10 Å². The molecule has 1 atom stereocenters. The Morgan fingerprint density at radius 3 is 2.86 bits per heavy atom. The fourth-order valence-corrected chi connectivity index (χ4v) is 3.01. The molecule has 1 aromatic rings. The molecule has 0 aliphatic carbocycles. The molecule has 0 saturated heterocycles. The zero-order valence-electron chi connectivity index (χ0n) is 13.0. The first kappa shape index (κ1) is 15.8. The van der Waals surface area contributed by atoms with E-state index in [2.05, 4.69) is 24.5 Å². The Morgan fingerprint density at radius 1 is 1.38 bits per heavy atom. The maximum atomic E-state index is 12.4. The van der Waals surface area contributed by atoms with Gasteiger partial charge in [-0.1, -0.05) is 32.8 Å². The lowest BCUT2D eigenvalue weighted by atomic mass is 9.95. The molecule has 1 unspecified atom stereocenters. The molecule has 0 saturated carbocycles. The molecular formula is C17H26N2O2. The van der Waals surface area contributed by atoms with Crippen LogP contribution in [0.2, 0.25) is 0 Å². The summed E-state index contributed by atoms with van der Waals surface area (Å²) in [5.41, 5.74) is 2.89. The number of hydrogen-bond donors (Lipinski definition) is 3. The van der Waals surface area contributed by atoms with Crippen molar-refractivity contribution in [1.82, 2.24) is 5.32 Å². The molecule has 0 fully saturated rings.